The van der Waals surface area contributed by atoms with Crippen LogP contribution in [0.5, 0.6) is 5.75 Å². The summed E-state index contributed by atoms with van der Waals surface area (Å²) in [6, 6.07) is 8.30. The van der Waals surface area contributed by atoms with Gasteiger partial charge in [0.05, 0.1) is 19.4 Å². The highest BCUT2D eigenvalue weighted by molar-refractivity contribution is 5.85. The van der Waals surface area contributed by atoms with Crippen molar-refractivity contribution in [2.45, 2.75) is 19.4 Å². The van der Waals surface area contributed by atoms with Gasteiger partial charge in [-0.2, -0.15) is 0 Å². The number of rotatable bonds is 9. The smallest absolute Gasteiger partial charge is 0.241 e. The molecule has 8 nitrogen and oxygen atoms in total. The maximum Gasteiger partial charge on any atom is 0.241 e. The molecular weight excluding hydrogens is 346 g/mol. The average molecular weight is 377 g/mol. The van der Waals surface area contributed by atoms with Crippen molar-refractivity contribution >= 4 is 17.6 Å². The van der Waals surface area contributed by atoms with E-state index in [4.69, 9.17) is 9.47 Å². The van der Waals surface area contributed by atoms with Gasteiger partial charge in [0.2, 0.25) is 5.91 Å². The van der Waals surface area contributed by atoms with Crippen LogP contribution in [0.2, 0.25) is 0 Å². The number of nitrogens with one attached hydrogen (secondary N) is 3. The standard InChI is InChI=1S/C19H31N5O3/c1-4-20-19(22-13-18(25)21-10-12-26-2)23-15-9-11-24(14-15)16-7-5-6-8-17(16)27-3/h5-8,15H,4,9-14H2,1-3H3,(H,21,25)(H2,20,22,23). The minimum atomic E-state index is -0.119. The molecule has 1 amide bonds. The predicted octanol–water partition coefficient (Wildman–Crippen LogP) is 0.592. The summed E-state index contributed by atoms with van der Waals surface area (Å²) >= 11 is 0. The monoisotopic (exact) mass is 377 g/mol. The topological polar surface area (TPSA) is 87.2 Å². The van der Waals surface area contributed by atoms with Crippen molar-refractivity contribution in [2.24, 2.45) is 4.99 Å². The Morgan fingerprint density at radius 1 is 1.30 bits per heavy atom. The number of guanidine groups is 1. The second-order valence-electron chi connectivity index (χ2n) is 6.29. The van der Waals surface area contributed by atoms with Crippen molar-refractivity contribution < 1.29 is 14.3 Å². The Hall–Kier alpha value is -2.48. The summed E-state index contributed by atoms with van der Waals surface area (Å²) in [5.74, 6) is 1.42. The van der Waals surface area contributed by atoms with Crippen LogP contribution >= 0.6 is 0 Å². The van der Waals surface area contributed by atoms with E-state index in [9.17, 15) is 4.79 Å². The normalized spacial score (nSPS) is 16.9. The summed E-state index contributed by atoms with van der Waals surface area (Å²) in [6.07, 6.45) is 0.989. The van der Waals surface area contributed by atoms with E-state index in [2.05, 4.69) is 31.9 Å². The van der Waals surface area contributed by atoms with Crippen LogP contribution in [0.1, 0.15) is 13.3 Å². The van der Waals surface area contributed by atoms with E-state index >= 15 is 0 Å². The highest BCUT2D eigenvalue weighted by Gasteiger charge is 2.25. The summed E-state index contributed by atoms with van der Waals surface area (Å²) < 4.78 is 10.4. The summed E-state index contributed by atoms with van der Waals surface area (Å²) in [5.41, 5.74) is 1.10. The van der Waals surface area contributed by atoms with Crippen molar-refractivity contribution in [3.8, 4) is 5.75 Å². The van der Waals surface area contributed by atoms with E-state index in [0.29, 0.717) is 19.1 Å². The molecule has 1 saturated heterocycles. The van der Waals surface area contributed by atoms with Gasteiger partial charge in [0, 0.05) is 39.3 Å². The predicted molar refractivity (Wildman–Crippen MR) is 108 cm³/mol. The zero-order valence-electron chi connectivity index (χ0n) is 16.5. The molecule has 1 aromatic rings. The summed E-state index contributed by atoms with van der Waals surface area (Å²) in [4.78, 5) is 18.5. The number of carbonyl (C=O) groups excluding carboxylic acids is 1. The highest BCUT2D eigenvalue weighted by Crippen LogP contribution is 2.30. The van der Waals surface area contributed by atoms with E-state index in [1.807, 2.05) is 25.1 Å². The number of carbonyl (C=O) groups is 1. The van der Waals surface area contributed by atoms with Crippen LogP contribution in [0, 0.1) is 0 Å². The van der Waals surface area contributed by atoms with Gasteiger partial charge in [0.1, 0.15) is 12.3 Å². The first-order valence-electron chi connectivity index (χ1n) is 9.36. The van der Waals surface area contributed by atoms with Gasteiger partial charge in [0.25, 0.3) is 0 Å². The van der Waals surface area contributed by atoms with Gasteiger partial charge in [-0.25, -0.2) is 4.99 Å². The molecule has 2 rings (SSSR count). The van der Waals surface area contributed by atoms with E-state index in [-0.39, 0.29) is 18.5 Å². The quantitative estimate of drug-likeness (QED) is 0.332. The minimum absolute atomic E-state index is 0.0853. The molecule has 8 heteroatoms. The van der Waals surface area contributed by atoms with Gasteiger partial charge >= 0.3 is 0 Å². The maximum absolute atomic E-state index is 11.8. The lowest BCUT2D eigenvalue weighted by atomic mass is 10.2. The van der Waals surface area contributed by atoms with Gasteiger partial charge in [-0.15, -0.1) is 0 Å². The van der Waals surface area contributed by atoms with Gasteiger partial charge < -0.3 is 30.3 Å². The molecule has 1 aliphatic heterocycles. The molecule has 0 bridgehead atoms. The number of anilines is 1. The SMILES string of the molecule is CCNC(=NCC(=O)NCCOC)NC1CCN(c2ccccc2OC)C1. The van der Waals surface area contributed by atoms with E-state index in [1.54, 1.807) is 14.2 Å². The number of methoxy groups -OCH3 is 2. The Morgan fingerprint density at radius 3 is 2.85 bits per heavy atom. The first-order valence-corrected chi connectivity index (χ1v) is 9.36. The molecule has 0 aromatic heterocycles. The van der Waals surface area contributed by atoms with Gasteiger partial charge in [-0.1, -0.05) is 12.1 Å². The van der Waals surface area contributed by atoms with Crippen LogP contribution in [0.15, 0.2) is 29.3 Å². The summed E-state index contributed by atoms with van der Waals surface area (Å²) in [7, 11) is 3.30. The fourth-order valence-electron chi connectivity index (χ4n) is 3.00. The van der Waals surface area contributed by atoms with Crippen LogP contribution < -0.4 is 25.6 Å². The molecule has 0 spiro atoms. The number of hydrogen-bond donors (Lipinski definition) is 3. The lowest BCUT2D eigenvalue weighted by Crippen LogP contribution is -2.45. The lowest BCUT2D eigenvalue weighted by molar-refractivity contribution is -0.119. The van der Waals surface area contributed by atoms with Crippen LogP contribution in [0.25, 0.3) is 0 Å². The Morgan fingerprint density at radius 2 is 2.11 bits per heavy atom. The number of aliphatic imine (C=N–C) groups is 1. The number of ether oxygens (including phenoxy) is 2. The fourth-order valence-corrected chi connectivity index (χ4v) is 3.00. The third kappa shape index (κ3) is 6.63. The zero-order valence-corrected chi connectivity index (χ0v) is 16.5. The molecular formula is C19H31N5O3. The molecule has 27 heavy (non-hydrogen) atoms. The molecule has 0 aliphatic carbocycles. The van der Waals surface area contributed by atoms with Crippen molar-refractivity contribution in [2.75, 3.05) is 58.5 Å². The fraction of sp³-hybridized carbons (Fsp3) is 0.579. The number of hydrogen-bond acceptors (Lipinski definition) is 5. The second kappa shape index (κ2) is 11.3. The van der Waals surface area contributed by atoms with Crippen molar-refractivity contribution in [1.29, 1.82) is 0 Å². The Kier molecular flexibility index (Phi) is 8.70. The van der Waals surface area contributed by atoms with Crippen LogP contribution in [0.4, 0.5) is 5.69 Å². The molecule has 150 valence electrons. The maximum atomic E-state index is 11.8. The van der Waals surface area contributed by atoms with E-state index in [1.165, 1.54) is 0 Å². The minimum Gasteiger partial charge on any atom is -0.495 e. The molecule has 3 N–H and O–H groups in total. The lowest BCUT2D eigenvalue weighted by Gasteiger charge is -2.22. The molecule has 1 unspecified atom stereocenters. The molecule has 1 heterocycles. The van der Waals surface area contributed by atoms with Crippen molar-refractivity contribution in [3.05, 3.63) is 24.3 Å². The summed E-state index contributed by atoms with van der Waals surface area (Å²) in [5, 5.41) is 9.40. The average Bonchev–Trinajstić information content (AvgIpc) is 3.15. The van der Waals surface area contributed by atoms with Gasteiger partial charge in [0.15, 0.2) is 5.96 Å². The molecule has 1 aromatic carbocycles. The molecule has 1 fully saturated rings. The van der Waals surface area contributed by atoms with Crippen LogP contribution in [0.3, 0.4) is 0 Å². The number of amides is 1. The van der Waals surface area contributed by atoms with Gasteiger partial charge in [-0.3, -0.25) is 4.79 Å². The zero-order chi connectivity index (χ0) is 19.5. The van der Waals surface area contributed by atoms with E-state index < -0.39 is 0 Å². The number of para-hydroxylation sites is 2. The molecule has 0 saturated carbocycles. The first-order chi connectivity index (χ1) is 13.2. The van der Waals surface area contributed by atoms with E-state index in [0.717, 1.165) is 37.5 Å². The highest BCUT2D eigenvalue weighted by atomic mass is 16.5. The number of benzene rings is 1. The Labute approximate surface area is 161 Å². The van der Waals surface area contributed by atoms with Crippen molar-refractivity contribution in [3.63, 3.8) is 0 Å². The Balaban J connectivity index is 1.89. The van der Waals surface area contributed by atoms with Gasteiger partial charge in [-0.05, 0) is 25.5 Å². The van der Waals surface area contributed by atoms with Crippen molar-refractivity contribution in [1.82, 2.24) is 16.0 Å². The molecule has 0 radical (unpaired) electrons. The van der Waals surface area contributed by atoms with Crippen LogP contribution in [-0.2, 0) is 9.53 Å². The third-order valence-electron chi connectivity index (χ3n) is 4.31. The summed E-state index contributed by atoms with van der Waals surface area (Å²) in [6.45, 7) is 5.60. The third-order valence-corrected chi connectivity index (χ3v) is 4.31. The number of nitrogens with zero attached hydrogens (tertiary/aromatic N) is 2. The molecule has 1 aliphatic rings. The Bertz CT molecular complexity index is 623. The van der Waals surface area contributed by atoms with Crippen LogP contribution in [-0.4, -0.2) is 71.5 Å². The first kappa shape index (κ1) is 20.8. The largest absolute Gasteiger partial charge is 0.495 e. The second-order valence-corrected chi connectivity index (χ2v) is 6.29. The molecule has 1 atom stereocenters.